The van der Waals surface area contributed by atoms with E-state index in [4.69, 9.17) is 13.9 Å². The molecule has 2 aromatic rings. The predicted octanol–water partition coefficient (Wildman–Crippen LogP) is 6.45. The van der Waals surface area contributed by atoms with Crippen molar-refractivity contribution in [1.82, 2.24) is 0 Å². The third-order valence-corrected chi connectivity index (χ3v) is 4.41. The highest BCUT2D eigenvalue weighted by atomic mass is 16.5. The van der Waals surface area contributed by atoms with Crippen LogP contribution in [0.3, 0.4) is 0 Å². The lowest BCUT2D eigenvalue weighted by molar-refractivity contribution is 0.288. The minimum atomic E-state index is 0.704. The van der Waals surface area contributed by atoms with E-state index < -0.39 is 0 Å². The van der Waals surface area contributed by atoms with E-state index in [1.807, 2.05) is 24.3 Å². The van der Waals surface area contributed by atoms with Gasteiger partial charge in [-0.1, -0.05) is 26.8 Å². The Morgan fingerprint density at radius 2 is 1.96 bits per heavy atom. The Balaban J connectivity index is 2.26. The van der Waals surface area contributed by atoms with Crippen LogP contribution in [0.15, 0.2) is 41.3 Å². The number of allylic oxidation sites excluding steroid dienone is 3. The molecule has 2 rings (SSSR count). The van der Waals surface area contributed by atoms with E-state index in [0.717, 1.165) is 64.6 Å². The maximum absolute atomic E-state index is 5.87. The van der Waals surface area contributed by atoms with Gasteiger partial charge in [-0.25, -0.2) is 0 Å². The molecule has 1 aromatic carbocycles. The number of furan rings is 1. The highest BCUT2D eigenvalue weighted by Crippen LogP contribution is 2.34. The fraction of sp³-hybridized carbons (Fsp3) is 0.391. The van der Waals surface area contributed by atoms with E-state index in [2.05, 4.69) is 40.3 Å². The van der Waals surface area contributed by atoms with Gasteiger partial charge in [0.2, 0.25) is 0 Å². The maximum atomic E-state index is 5.87. The molecule has 0 spiro atoms. The van der Waals surface area contributed by atoms with Crippen molar-refractivity contribution in [3.8, 4) is 11.5 Å². The van der Waals surface area contributed by atoms with Gasteiger partial charge in [-0.05, 0) is 67.3 Å². The molecule has 0 fully saturated rings. The summed E-state index contributed by atoms with van der Waals surface area (Å²) in [4.78, 5) is 0. The molecule has 3 heteroatoms. The van der Waals surface area contributed by atoms with Gasteiger partial charge in [0.25, 0.3) is 0 Å². The summed E-state index contributed by atoms with van der Waals surface area (Å²) in [7, 11) is 1.67. The van der Waals surface area contributed by atoms with Crippen LogP contribution in [0, 0.1) is 6.92 Å². The van der Waals surface area contributed by atoms with Crippen molar-refractivity contribution < 1.29 is 13.9 Å². The Bertz CT molecular complexity index is 781. The van der Waals surface area contributed by atoms with E-state index in [1.54, 1.807) is 7.11 Å². The fourth-order valence-corrected chi connectivity index (χ4v) is 2.84. The summed E-state index contributed by atoms with van der Waals surface area (Å²) in [6.07, 6.45) is 5.07. The van der Waals surface area contributed by atoms with Crippen molar-refractivity contribution in [2.24, 2.45) is 0 Å². The van der Waals surface area contributed by atoms with Gasteiger partial charge in [0.05, 0.1) is 13.7 Å². The molecular weight excluding hydrogens is 324 g/mol. The molecule has 0 amide bonds. The number of rotatable bonds is 9. The minimum Gasteiger partial charge on any atom is -0.493 e. The molecule has 0 bridgehead atoms. The predicted molar refractivity (Wildman–Crippen MR) is 109 cm³/mol. The summed E-state index contributed by atoms with van der Waals surface area (Å²) in [5.74, 6) is 3.34. The Morgan fingerprint density at radius 3 is 2.58 bits per heavy atom. The van der Waals surface area contributed by atoms with Gasteiger partial charge in [-0.3, -0.25) is 0 Å². The second-order valence-electron chi connectivity index (χ2n) is 6.49. The molecule has 26 heavy (non-hydrogen) atoms. The molecule has 1 aromatic heterocycles. The van der Waals surface area contributed by atoms with Crippen molar-refractivity contribution in [3.63, 3.8) is 0 Å². The summed E-state index contributed by atoms with van der Waals surface area (Å²) < 4.78 is 17.2. The van der Waals surface area contributed by atoms with Crippen molar-refractivity contribution >= 4 is 11.1 Å². The Hall–Kier alpha value is -2.42. The average Bonchev–Trinajstić information content (AvgIpc) is 3.11. The van der Waals surface area contributed by atoms with Gasteiger partial charge in [-0.15, -0.1) is 0 Å². The summed E-state index contributed by atoms with van der Waals surface area (Å²) in [5, 5.41) is 0. The highest BCUT2D eigenvalue weighted by Gasteiger charge is 2.12. The van der Waals surface area contributed by atoms with Crippen molar-refractivity contribution in [3.05, 3.63) is 59.6 Å². The first kappa shape index (κ1) is 19.9. The van der Waals surface area contributed by atoms with Gasteiger partial charge in [0.1, 0.15) is 11.5 Å². The molecule has 0 atom stereocenters. The van der Waals surface area contributed by atoms with E-state index in [1.165, 1.54) is 0 Å². The van der Waals surface area contributed by atoms with Crippen LogP contribution in [0.25, 0.3) is 11.1 Å². The number of hydrogen-bond donors (Lipinski definition) is 0. The average molecular weight is 354 g/mol. The summed E-state index contributed by atoms with van der Waals surface area (Å²) >= 11 is 0. The number of hydrogen-bond acceptors (Lipinski definition) is 3. The SMILES string of the molecule is C=C(/C=C(/C)c1cc(OC)c(OCCCC)cc1C)c1ccc(CC)o1. The lowest BCUT2D eigenvalue weighted by atomic mass is 9.98. The van der Waals surface area contributed by atoms with Crippen LogP contribution in [0.5, 0.6) is 11.5 Å². The van der Waals surface area contributed by atoms with Crippen LogP contribution in [0.1, 0.15) is 56.3 Å². The second kappa shape index (κ2) is 9.33. The van der Waals surface area contributed by atoms with Crippen LogP contribution < -0.4 is 9.47 Å². The molecule has 0 N–H and O–H groups in total. The third kappa shape index (κ3) is 4.81. The Morgan fingerprint density at radius 1 is 1.19 bits per heavy atom. The number of unbranched alkanes of at least 4 members (excludes halogenated alkanes) is 1. The van der Waals surface area contributed by atoms with Gasteiger partial charge < -0.3 is 13.9 Å². The molecule has 0 aliphatic carbocycles. The Kier molecular flexibility index (Phi) is 7.14. The summed E-state index contributed by atoms with van der Waals surface area (Å²) in [6, 6.07) is 8.06. The standard InChI is InChI=1S/C23H30O3/c1-7-9-12-25-23-14-17(4)20(15-22(23)24-6)16(3)13-18(5)21-11-10-19(8-2)26-21/h10-11,13-15H,5,7-9,12H2,1-4,6H3/b16-13-. The fourth-order valence-electron chi connectivity index (χ4n) is 2.84. The molecule has 0 aliphatic heterocycles. The van der Waals surface area contributed by atoms with Crippen molar-refractivity contribution in [2.75, 3.05) is 13.7 Å². The van der Waals surface area contributed by atoms with Crippen LogP contribution in [-0.4, -0.2) is 13.7 Å². The highest BCUT2D eigenvalue weighted by molar-refractivity contribution is 5.82. The zero-order valence-electron chi connectivity index (χ0n) is 16.6. The lowest BCUT2D eigenvalue weighted by Gasteiger charge is -2.15. The van der Waals surface area contributed by atoms with Gasteiger partial charge >= 0.3 is 0 Å². The summed E-state index contributed by atoms with van der Waals surface area (Å²) in [6.45, 7) is 13.2. The normalized spacial score (nSPS) is 11.5. The quantitative estimate of drug-likeness (QED) is 0.383. The molecule has 0 unspecified atom stereocenters. The zero-order chi connectivity index (χ0) is 19.1. The molecule has 0 saturated heterocycles. The Labute approximate surface area is 157 Å². The monoisotopic (exact) mass is 354 g/mol. The van der Waals surface area contributed by atoms with Crippen molar-refractivity contribution in [2.45, 2.75) is 47.0 Å². The largest absolute Gasteiger partial charge is 0.493 e. The smallest absolute Gasteiger partial charge is 0.161 e. The number of methoxy groups -OCH3 is 1. The molecule has 1 heterocycles. The molecule has 140 valence electrons. The first-order chi connectivity index (χ1) is 12.5. The van der Waals surface area contributed by atoms with Gasteiger partial charge in [0.15, 0.2) is 11.5 Å². The number of aryl methyl sites for hydroxylation is 2. The molecule has 0 aliphatic rings. The second-order valence-corrected chi connectivity index (χ2v) is 6.49. The zero-order valence-corrected chi connectivity index (χ0v) is 16.6. The van der Waals surface area contributed by atoms with Crippen molar-refractivity contribution in [1.29, 1.82) is 0 Å². The molecule has 0 radical (unpaired) electrons. The summed E-state index contributed by atoms with van der Waals surface area (Å²) in [5.41, 5.74) is 4.24. The molecule has 3 nitrogen and oxygen atoms in total. The lowest BCUT2D eigenvalue weighted by Crippen LogP contribution is -2.00. The number of ether oxygens (including phenoxy) is 2. The van der Waals surface area contributed by atoms with Crippen LogP contribution in [0.4, 0.5) is 0 Å². The minimum absolute atomic E-state index is 0.704. The molecule has 0 saturated carbocycles. The topological polar surface area (TPSA) is 31.6 Å². The third-order valence-electron chi connectivity index (χ3n) is 4.41. The van der Waals surface area contributed by atoms with Crippen LogP contribution >= 0.6 is 0 Å². The van der Waals surface area contributed by atoms with Crippen LogP contribution in [-0.2, 0) is 6.42 Å². The first-order valence-electron chi connectivity index (χ1n) is 9.28. The van der Waals surface area contributed by atoms with E-state index in [9.17, 15) is 0 Å². The van der Waals surface area contributed by atoms with E-state index in [0.29, 0.717) is 6.61 Å². The first-order valence-corrected chi connectivity index (χ1v) is 9.28. The molecular formula is C23H30O3. The van der Waals surface area contributed by atoms with Gasteiger partial charge in [-0.2, -0.15) is 0 Å². The maximum Gasteiger partial charge on any atom is 0.161 e. The number of benzene rings is 1. The van der Waals surface area contributed by atoms with Crippen LogP contribution in [0.2, 0.25) is 0 Å². The van der Waals surface area contributed by atoms with E-state index in [-0.39, 0.29) is 0 Å². The van der Waals surface area contributed by atoms with E-state index >= 15 is 0 Å². The van der Waals surface area contributed by atoms with Gasteiger partial charge in [0, 0.05) is 12.0 Å².